The number of hydrogen-bond donors (Lipinski definition) is 2. The lowest BCUT2D eigenvalue weighted by atomic mass is 10.1. The number of anilines is 1. The van der Waals surface area contributed by atoms with Crippen molar-refractivity contribution in [2.75, 3.05) is 5.32 Å². The van der Waals surface area contributed by atoms with E-state index in [0.717, 1.165) is 11.3 Å². The Morgan fingerprint density at radius 1 is 1.33 bits per heavy atom. The minimum atomic E-state index is -0.899. The maximum absolute atomic E-state index is 11.3. The maximum atomic E-state index is 11.3. The predicted molar refractivity (Wildman–Crippen MR) is 79.9 cm³/mol. The molecule has 0 aromatic carbocycles. The summed E-state index contributed by atoms with van der Waals surface area (Å²) in [5.41, 5.74) is 1.56. The molecule has 0 unspecified atom stereocenters. The topological polar surface area (TPSA) is 88.0 Å². The summed E-state index contributed by atoms with van der Waals surface area (Å²) in [6.07, 6.45) is 3.35. The van der Waals surface area contributed by atoms with Crippen LogP contribution < -0.4 is 5.32 Å². The Morgan fingerprint density at radius 2 is 2.10 bits per heavy atom. The first-order valence-corrected chi connectivity index (χ1v) is 6.73. The standard InChI is InChI=1S/C15H18N4O2/c1-9(2)13(15(20)21)18-12-7-10(3)17-14(19-12)11-5-4-6-16-8-11/h4-9,13H,1-3H3,(H,20,21)(H,17,18,19)/t13-/m0/s1. The lowest BCUT2D eigenvalue weighted by molar-refractivity contribution is -0.138. The minimum absolute atomic E-state index is 0.0559. The summed E-state index contributed by atoms with van der Waals surface area (Å²) >= 11 is 0. The summed E-state index contributed by atoms with van der Waals surface area (Å²) in [6.45, 7) is 5.54. The highest BCUT2D eigenvalue weighted by Crippen LogP contribution is 2.18. The highest BCUT2D eigenvalue weighted by atomic mass is 16.4. The van der Waals surface area contributed by atoms with E-state index in [0.29, 0.717) is 11.6 Å². The van der Waals surface area contributed by atoms with Crippen LogP contribution in [0, 0.1) is 12.8 Å². The summed E-state index contributed by atoms with van der Waals surface area (Å²) in [7, 11) is 0. The zero-order valence-corrected chi connectivity index (χ0v) is 12.2. The Morgan fingerprint density at radius 3 is 2.67 bits per heavy atom. The summed E-state index contributed by atoms with van der Waals surface area (Å²) in [4.78, 5) is 24.1. The van der Waals surface area contributed by atoms with Crippen LogP contribution in [0.15, 0.2) is 30.6 Å². The Kier molecular flexibility index (Phi) is 4.47. The van der Waals surface area contributed by atoms with Gasteiger partial charge in [-0.3, -0.25) is 4.98 Å². The van der Waals surface area contributed by atoms with Crippen LogP contribution in [0.25, 0.3) is 11.4 Å². The van der Waals surface area contributed by atoms with Gasteiger partial charge >= 0.3 is 5.97 Å². The summed E-state index contributed by atoms with van der Waals surface area (Å²) in [5.74, 6) is 0.0738. The molecule has 0 amide bonds. The lowest BCUT2D eigenvalue weighted by Gasteiger charge is -2.19. The molecule has 0 spiro atoms. The largest absolute Gasteiger partial charge is 0.480 e. The molecule has 110 valence electrons. The second-order valence-corrected chi connectivity index (χ2v) is 5.16. The van der Waals surface area contributed by atoms with Gasteiger partial charge in [0.2, 0.25) is 0 Å². The third kappa shape index (κ3) is 3.75. The SMILES string of the molecule is Cc1cc(N[C@H](C(=O)O)C(C)C)nc(-c2cccnc2)n1. The van der Waals surface area contributed by atoms with Crippen LogP contribution in [0.3, 0.4) is 0 Å². The Hall–Kier alpha value is -2.50. The summed E-state index contributed by atoms with van der Waals surface area (Å²) < 4.78 is 0. The van der Waals surface area contributed by atoms with Gasteiger partial charge in [0.25, 0.3) is 0 Å². The number of hydrogen-bond acceptors (Lipinski definition) is 5. The van der Waals surface area contributed by atoms with Gasteiger partial charge in [-0.15, -0.1) is 0 Å². The van der Waals surface area contributed by atoms with Crippen molar-refractivity contribution < 1.29 is 9.90 Å². The van der Waals surface area contributed by atoms with Gasteiger partial charge in [-0.25, -0.2) is 14.8 Å². The van der Waals surface area contributed by atoms with E-state index in [-0.39, 0.29) is 5.92 Å². The molecule has 6 nitrogen and oxygen atoms in total. The van der Waals surface area contributed by atoms with Crippen LogP contribution in [-0.4, -0.2) is 32.1 Å². The van der Waals surface area contributed by atoms with Gasteiger partial charge in [0, 0.05) is 29.7 Å². The van der Waals surface area contributed by atoms with Crippen LogP contribution in [0.4, 0.5) is 5.82 Å². The molecule has 1 atom stereocenters. The van der Waals surface area contributed by atoms with E-state index in [1.807, 2.05) is 32.9 Å². The Balaban J connectivity index is 2.33. The number of nitrogens with one attached hydrogen (secondary N) is 1. The number of rotatable bonds is 5. The highest BCUT2D eigenvalue weighted by Gasteiger charge is 2.22. The van der Waals surface area contributed by atoms with Gasteiger partial charge < -0.3 is 10.4 Å². The van der Waals surface area contributed by atoms with Crippen LogP contribution in [0.1, 0.15) is 19.5 Å². The van der Waals surface area contributed by atoms with Crippen molar-refractivity contribution in [3.8, 4) is 11.4 Å². The smallest absolute Gasteiger partial charge is 0.326 e. The van der Waals surface area contributed by atoms with Crippen LogP contribution in [-0.2, 0) is 4.79 Å². The van der Waals surface area contributed by atoms with E-state index in [1.165, 1.54) is 0 Å². The van der Waals surface area contributed by atoms with Gasteiger partial charge in [-0.1, -0.05) is 13.8 Å². The van der Waals surface area contributed by atoms with Gasteiger partial charge in [-0.05, 0) is 25.0 Å². The number of aromatic nitrogens is 3. The third-order valence-electron chi connectivity index (χ3n) is 3.01. The first-order valence-electron chi connectivity index (χ1n) is 6.73. The minimum Gasteiger partial charge on any atom is -0.480 e. The van der Waals surface area contributed by atoms with E-state index in [4.69, 9.17) is 0 Å². The van der Waals surface area contributed by atoms with Crippen LogP contribution in [0.5, 0.6) is 0 Å². The maximum Gasteiger partial charge on any atom is 0.326 e. The van der Waals surface area contributed by atoms with Crippen molar-refractivity contribution in [2.45, 2.75) is 26.8 Å². The molecule has 6 heteroatoms. The molecule has 0 radical (unpaired) electrons. The molecule has 0 aliphatic rings. The van der Waals surface area contributed by atoms with Crippen molar-refractivity contribution >= 4 is 11.8 Å². The molecule has 2 N–H and O–H groups in total. The zero-order chi connectivity index (χ0) is 15.4. The van der Waals surface area contributed by atoms with Crippen molar-refractivity contribution in [1.29, 1.82) is 0 Å². The fourth-order valence-electron chi connectivity index (χ4n) is 1.94. The molecular formula is C15H18N4O2. The molecule has 0 aliphatic carbocycles. The average molecular weight is 286 g/mol. The highest BCUT2D eigenvalue weighted by molar-refractivity contribution is 5.77. The molecule has 2 rings (SSSR count). The number of pyridine rings is 1. The molecule has 0 saturated heterocycles. The number of nitrogens with zero attached hydrogens (tertiary/aromatic N) is 3. The second kappa shape index (κ2) is 6.30. The Bertz CT molecular complexity index is 629. The average Bonchev–Trinajstić information content (AvgIpc) is 2.44. The van der Waals surface area contributed by atoms with E-state index in [9.17, 15) is 9.90 Å². The quantitative estimate of drug-likeness (QED) is 0.877. The molecule has 21 heavy (non-hydrogen) atoms. The van der Waals surface area contributed by atoms with E-state index >= 15 is 0 Å². The monoisotopic (exact) mass is 286 g/mol. The van der Waals surface area contributed by atoms with Crippen molar-refractivity contribution in [1.82, 2.24) is 15.0 Å². The number of aliphatic carboxylic acids is 1. The zero-order valence-electron chi connectivity index (χ0n) is 12.2. The van der Waals surface area contributed by atoms with E-state index in [1.54, 1.807) is 18.5 Å². The number of carboxylic acids is 1. The number of aryl methyl sites for hydroxylation is 1. The van der Waals surface area contributed by atoms with Gasteiger partial charge in [0.1, 0.15) is 11.9 Å². The molecule has 2 aromatic heterocycles. The second-order valence-electron chi connectivity index (χ2n) is 5.16. The van der Waals surface area contributed by atoms with E-state index < -0.39 is 12.0 Å². The first kappa shape index (κ1) is 14.9. The van der Waals surface area contributed by atoms with Gasteiger partial charge in [-0.2, -0.15) is 0 Å². The van der Waals surface area contributed by atoms with Gasteiger partial charge in [0.05, 0.1) is 0 Å². The summed E-state index contributed by atoms with van der Waals surface area (Å²) in [5, 5.41) is 12.2. The predicted octanol–water partition coefficient (Wildman–Crippen LogP) is 2.37. The molecule has 0 aliphatic heterocycles. The molecule has 0 saturated carbocycles. The van der Waals surface area contributed by atoms with Crippen molar-refractivity contribution in [3.63, 3.8) is 0 Å². The fourth-order valence-corrected chi connectivity index (χ4v) is 1.94. The summed E-state index contributed by atoms with van der Waals surface area (Å²) in [6, 6.07) is 4.71. The van der Waals surface area contributed by atoms with Crippen molar-refractivity contribution in [3.05, 3.63) is 36.3 Å². The molecular weight excluding hydrogens is 268 g/mol. The van der Waals surface area contributed by atoms with Crippen LogP contribution >= 0.6 is 0 Å². The first-order chi connectivity index (χ1) is 9.97. The Labute approximate surface area is 123 Å². The molecule has 2 heterocycles. The van der Waals surface area contributed by atoms with Gasteiger partial charge in [0.15, 0.2) is 5.82 Å². The number of carbonyl (C=O) groups is 1. The third-order valence-corrected chi connectivity index (χ3v) is 3.01. The van der Waals surface area contributed by atoms with E-state index in [2.05, 4.69) is 20.3 Å². The lowest BCUT2D eigenvalue weighted by Crippen LogP contribution is -2.34. The number of carboxylic acid groups (broad SMARTS) is 1. The fraction of sp³-hybridized carbons (Fsp3) is 0.333. The molecule has 2 aromatic rings. The van der Waals surface area contributed by atoms with Crippen LogP contribution in [0.2, 0.25) is 0 Å². The molecule has 0 bridgehead atoms. The normalized spacial score (nSPS) is 12.2. The van der Waals surface area contributed by atoms with Crippen molar-refractivity contribution in [2.24, 2.45) is 5.92 Å². The molecule has 0 fully saturated rings.